The van der Waals surface area contributed by atoms with Gasteiger partial charge >= 0.3 is 0 Å². The fraction of sp³-hybridized carbons (Fsp3) is 0.478. The first-order valence-corrected chi connectivity index (χ1v) is 10.1. The Balaban J connectivity index is 2.11. The molecule has 0 saturated carbocycles. The maximum atomic E-state index is 9.39. The molecular weight excluding hydrogens is 376 g/mol. The molecular formula is C23H31ClO4. The molecule has 0 radical (unpaired) electrons. The van der Waals surface area contributed by atoms with Gasteiger partial charge in [0.2, 0.25) is 0 Å². The first-order valence-electron chi connectivity index (χ1n) is 9.60. The molecule has 0 amide bonds. The van der Waals surface area contributed by atoms with E-state index in [4.69, 9.17) is 26.2 Å². The van der Waals surface area contributed by atoms with Crippen molar-refractivity contribution in [3.8, 4) is 11.5 Å². The molecule has 0 aromatic heterocycles. The van der Waals surface area contributed by atoms with Crippen LogP contribution >= 0.6 is 11.6 Å². The summed E-state index contributed by atoms with van der Waals surface area (Å²) in [5.41, 5.74) is 3.28. The van der Waals surface area contributed by atoms with Crippen molar-refractivity contribution in [2.75, 3.05) is 25.7 Å². The predicted octanol–water partition coefficient (Wildman–Crippen LogP) is 4.31. The maximum absolute atomic E-state index is 9.39. The molecule has 0 aliphatic carbocycles. The molecule has 4 nitrogen and oxygen atoms in total. The third-order valence-corrected chi connectivity index (χ3v) is 5.44. The largest absolute Gasteiger partial charge is 0.493 e. The molecule has 2 unspecified atom stereocenters. The van der Waals surface area contributed by atoms with Crippen LogP contribution in [0, 0.1) is 12.8 Å². The second-order valence-corrected chi connectivity index (χ2v) is 8.16. The lowest BCUT2D eigenvalue weighted by molar-refractivity contribution is 0.0536. The van der Waals surface area contributed by atoms with Crippen molar-refractivity contribution in [1.82, 2.24) is 0 Å². The zero-order valence-corrected chi connectivity index (χ0v) is 17.9. The summed E-state index contributed by atoms with van der Waals surface area (Å²) in [6.07, 6.45) is -0.868. The molecule has 0 saturated heterocycles. The molecule has 2 aromatic rings. The number of ether oxygens (including phenoxy) is 2. The number of benzene rings is 2. The van der Waals surface area contributed by atoms with Crippen LogP contribution in [0.25, 0.3) is 0 Å². The van der Waals surface area contributed by atoms with Gasteiger partial charge in [0.1, 0.15) is 24.2 Å². The third-order valence-electron chi connectivity index (χ3n) is 4.91. The van der Waals surface area contributed by atoms with Crippen molar-refractivity contribution in [3.63, 3.8) is 0 Å². The molecule has 2 aromatic carbocycles. The zero-order chi connectivity index (χ0) is 20.7. The van der Waals surface area contributed by atoms with Crippen LogP contribution in [0.3, 0.4) is 0 Å². The van der Waals surface area contributed by atoms with Crippen LogP contribution in [0.1, 0.15) is 37.5 Å². The van der Waals surface area contributed by atoms with Gasteiger partial charge in [0, 0.05) is 17.2 Å². The number of aryl methyl sites for hydroxylation is 1. The monoisotopic (exact) mass is 406 g/mol. The van der Waals surface area contributed by atoms with E-state index in [1.54, 1.807) is 0 Å². The number of hydrogen-bond acceptors (Lipinski definition) is 4. The van der Waals surface area contributed by atoms with Gasteiger partial charge in [-0.2, -0.15) is 0 Å². The minimum absolute atomic E-state index is 0.0717. The normalized spacial score (nSPS) is 13.8. The lowest BCUT2D eigenvalue weighted by atomic mass is 9.77. The van der Waals surface area contributed by atoms with Gasteiger partial charge in [0.15, 0.2) is 0 Å². The highest BCUT2D eigenvalue weighted by atomic mass is 35.5. The summed E-state index contributed by atoms with van der Waals surface area (Å²) in [6, 6.07) is 14.1. The Bertz CT molecular complexity index is 743. The van der Waals surface area contributed by atoms with Gasteiger partial charge < -0.3 is 19.7 Å². The number of hydrogen-bond donors (Lipinski definition) is 2. The van der Waals surface area contributed by atoms with Gasteiger partial charge in [0.05, 0.1) is 13.2 Å². The van der Waals surface area contributed by atoms with Gasteiger partial charge in [0.25, 0.3) is 0 Å². The van der Waals surface area contributed by atoms with Crippen LogP contribution in [-0.4, -0.2) is 42.0 Å². The van der Waals surface area contributed by atoms with Crippen molar-refractivity contribution in [1.29, 1.82) is 0 Å². The average molecular weight is 407 g/mol. The molecule has 0 bridgehead atoms. The standard InChI is InChI=1S/C23H31ClO4/c1-16(12-24)14-28-22-10-7-19(11-17(22)2)23(3,4)18-5-8-21(9-6-18)27-15-20(26)13-25/h5-11,16,20,25-26H,12-15H2,1-4H3. The lowest BCUT2D eigenvalue weighted by Crippen LogP contribution is -2.21. The van der Waals surface area contributed by atoms with Crippen LogP contribution in [-0.2, 0) is 5.41 Å². The van der Waals surface area contributed by atoms with Gasteiger partial charge in [-0.15, -0.1) is 11.6 Å². The van der Waals surface area contributed by atoms with Crippen LogP contribution < -0.4 is 9.47 Å². The van der Waals surface area contributed by atoms with Gasteiger partial charge in [-0.3, -0.25) is 0 Å². The SMILES string of the molecule is Cc1cc(C(C)(C)c2ccc(OCC(O)CO)cc2)ccc1OCC(C)CCl. The summed E-state index contributed by atoms with van der Waals surface area (Å²) < 4.78 is 11.4. The number of halogens is 1. The molecule has 154 valence electrons. The highest BCUT2D eigenvalue weighted by molar-refractivity contribution is 6.18. The average Bonchev–Trinajstić information content (AvgIpc) is 2.70. The van der Waals surface area contributed by atoms with E-state index in [9.17, 15) is 5.11 Å². The minimum atomic E-state index is -0.868. The highest BCUT2D eigenvalue weighted by Crippen LogP contribution is 2.34. The number of alkyl halides is 1. The van der Waals surface area contributed by atoms with E-state index >= 15 is 0 Å². The smallest absolute Gasteiger partial charge is 0.122 e. The maximum Gasteiger partial charge on any atom is 0.122 e. The Morgan fingerprint density at radius 1 is 1.00 bits per heavy atom. The van der Waals surface area contributed by atoms with Crippen molar-refractivity contribution in [2.24, 2.45) is 5.92 Å². The van der Waals surface area contributed by atoms with Crippen molar-refractivity contribution in [3.05, 3.63) is 59.2 Å². The number of rotatable bonds is 10. The predicted molar refractivity (Wildman–Crippen MR) is 114 cm³/mol. The second kappa shape index (κ2) is 10.1. The van der Waals surface area contributed by atoms with Crippen LogP contribution in [0.15, 0.2) is 42.5 Å². The Labute approximate surface area is 173 Å². The summed E-state index contributed by atoms with van der Waals surface area (Å²) in [4.78, 5) is 0. The van der Waals surface area contributed by atoms with Crippen molar-refractivity contribution in [2.45, 2.75) is 39.2 Å². The molecule has 0 aliphatic heterocycles. The highest BCUT2D eigenvalue weighted by Gasteiger charge is 2.24. The molecule has 2 rings (SSSR count). The summed E-state index contributed by atoms with van der Waals surface area (Å²) >= 11 is 5.85. The fourth-order valence-electron chi connectivity index (χ4n) is 2.86. The van der Waals surface area contributed by atoms with Gasteiger partial charge in [-0.25, -0.2) is 0 Å². The molecule has 5 heteroatoms. The Kier molecular flexibility index (Phi) is 8.17. The first-order chi connectivity index (χ1) is 13.3. The fourth-order valence-corrected chi connectivity index (χ4v) is 2.95. The molecule has 0 fully saturated rings. The van der Waals surface area contributed by atoms with E-state index in [0.717, 1.165) is 16.9 Å². The van der Waals surface area contributed by atoms with E-state index in [1.807, 2.05) is 30.3 Å². The second-order valence-electron chi connectivity index (χ2n) is 7.85. The van der Waals surface area contributed by atoms with E-state index < -0.39 is 6.10 Å². The van der Waals surface area contributed by atoms with E-state index in [-0.39, 0.29) is 18.6 Å². The third kappa shape index (κ3) is 5.87. The summed E-state index contributed by atoms with van der Waals surface area (Å²) in [5.74, 6) is 2.46. The zero-order valence-electron chi connectivity index (χ0n) is 17.1. The van der Waals surface area contributed by atoms with Crippen molar-refractivity contribution >= 4 is 11.6 Å². The molecule has 0 heterocycles. The minimum Gasteiger partial charge on any atom is -0.493 e. The van der Waals surface area contributed by atoms with Gasteiger partial charge in [-0.05, 0) is 41.8 Å². The quantitative estimate of drug-likeness (QED) is 0.577. The lowest BCUT2D eigenvalue weighted by Gasteiger charge is -2.27. The van der Waals surface area contributed by atoms with Gasteiger partial charge in [-0.1, -0.05) is 45.0 Å². The molecule has 0 spiro atoms. The topological polar surface area (TPSA) is 58.9 Å². The van der Waals surface area contributed by atoms with E-state index in [2.05, 4.69) is 39.8 Å². The number of aliphatic hydroxyl groups excluding tert-OH is 2. The summed E-state index contributed by atoms with van der Waals surface area (Å²) in [7, 11) is 0. The summed E-state index contributed by atoms with van der Waals surface area (Å²) in [6.45, 7) is 8.87. The first kappa shape index (κ1) is 22.5. The molecule has 0 aliphatic rings. The van der Waals surface area contributed by atoms with Crippen LogP contribution in [0.5, 0.6) is 11.5 Å². The number of aliphatic hydroxyl groups is 2. The Hall–Kier alpha value is -1.75. The molecule has 2 N–H and O–H groups in total. The molecule has 28 heavy (non-hydrogen) atoms. The molecule has 2 atom stereocenters. The Morgan fingerprint density at radius 3 is 2.21 bits per heavy atom. The van der Waals surface area contributed by atoms with Crippen LogP contribution in [0.2, 0.25) is 0 Å². The van der Waals surface area contributed by atoms with E-state index in [1.165, 1.54) is 5.56 Å². The Morgan fingerprint density at radius 2 is 1.64 bits per heavy atom. The van der Waals surface area contributed by atoms with E-state index in [0.29, 0.717) is 24.2 Å². The van der Waals surface area contributed by atoms with Crippen molar-refractivity contribution < 1.29 is 19.7 Å². The van der Waals surface area contributed by atoms with Crippen LogP contribution in [0.4, 0.5) is 0 Å². The summed E-state index contributed by atoms with van der Waals surface area (Å²) in [5, 5.41) is 18.3.